The highest BCUT2D eigenvalue weighted by atomic mass is 19.3. The number of nitrogens with zero attached hydrogens (tertiary/aromatic N) is 5. The normalized spacial score (nSPS) is 17.1. The lowest BCUT2D eigenvalue weighted by atomic mass is 9.87. The second-order valence-corrected chi connectivity index (χ2v) is 10.7. The number of anilines is 3. The molecule has 1 saturated carbocycles. The summed E-state index contributed by atoms with van der Waals surface area (Å²) in [5.74, 6) is -1.42. The number of alkyl halides is 2. The van der Waals surface area contributed by atoms with E-state index in [0.717, 1.165) is 23.8 Å². The Morgan fingerprint density at radius 2 is 1.93 bits per heavy atom. The molecular formula is C30H30F3N7O2. The molecule has 2 fully saturated rings. The highest BCUT2D eigenvalue weighted by Gasteiger charge is 2.47. The summed E-state index contributed by atoms with van der Waals surface area (Å²) in [5.41, 5.74) is 1.86. The first-order valence-corrected chi connectivity index (χ1v) is 13.8. The summed E-state index contributed by atoms with van der Waals surface area (Å²) < 4.78 is 47.8. The first kappa shape index (κ1) is 27.6. The van der Waals surface area contributed by atoms with E-state index < -0.39 is 11.7 Å². The van der Waals surface area contributed by atoms with Crippen LogP contribution in [0.1, 0.15) is 37.2 Å². The van der Waals surface area contributed by atoms with E-state index in [1.165, 1.54) is 24.7 Å². The van der Waals surface area contributed by atoms with Crippen molar-refractivity contribution >= 4 is 34.3 Å². The van der Waals surface area contributed by atoms with Crippen LogP contribution in [-0.2, 0) is 4.79 Å². The molecule has 2 aliphatic rings. The predicted octanol–water partition coefficient (Wildman–Crippen LogP) is 6.15. The molecule has 1 saturated heterocycles. The van der Waals surface area contributed by atoms with Crippen LogP contribution in [0, 0.1) is 5.82 Å². The molecule has 0 spiro atoms. The van der Waals surface area contributed by atoms with Gasteiger partial charge in [-0.25, -0.2) is 28.1 Å². The minimum Gasteiger partial charge on any atom is -0.457 e. The molecule has 12 heteroatoms. The molecule has 0 radical (unpaired) electrons. The number of hydrogen-bond acceptors (Lipinski definition) is 7. The number of benzene rings is 1. The zero-order valence-corrected chi connectivity index (χ0v) is 23.0. The molecule has 1 amide bonds. The van der Waals surface area contributed by atoms with Gasteiger partial charge in [0, 0.05) is 63.5 Å². The average Bonchev–Trinajstić information content (AvgIpc) is 3.42. The van der Waals surface area contributed by atoms with Gasteiger partial charge in [-0.1, -0.05) is 6.58 Å². The zero-order valence-electron chi connectivity index (χ0n) is 23.0. The summed E-state index contributed by atoms with van der Waals surface area (Å²) in [4.78, 5) is 31.7. The molecule has 2 N–H and O–H groups in total. The van der Waals surface area contributed by atoms with Crippen LogP contribution < -0.4 is 15.0 Å². The molecule has 218 valence electrons. The number of fused-ring (bicyclic) bond motifs is 1. The van der Waals surface area contributed by atoms with Crippen LogP contribution in [0.15, 0.2) is 61.7 Å². The number of carbonyl (C=O) groups excluding carboxylic acids is 1. The molecule has 1 aromatic carbocycles. The fraction of sp³-hybridized carbons (Fsp3) is 0.333. The summed E-state index contributed by atoms with van der Waals surface area (Å²) in [6, 6.07) is 7.43. The van der Waals surface area contributed by atoms with Crippen molar-refractivity contribution in [3.05, 3.63) is 73.1 Å². The highest BCUT2D eigenvalue weighted by Crippen LogP contribution is 2.41. The van der Waals surface area contributed by atoms with E-state index in [4.69, 9.17) is 4.74 Å². The molecule has 9 nitrogen and oxygen atoms in total. The smallest absolute Gasteiger partial charge is 0.252 e. The van der Waals surface area contributed by atoms with Crippen molar-refractivity contribution in [3.8, 4) is 11.5 Å². The number of pyridine rings is 1. The van der Waals surface area contributed by atoms with E-state index in [2.05, 4.69) is 31.8 Å². The molecule has 0 unspecified atom stereocenters. The van der Waals surface area contributed by atoms with Crippen molar-refractivity contribution in [3.63, 3.8) is 0 Å². The third-order valence-electron chi connectivity index (χ3n) is 8.05. The average molecular weight is 578 g/mol. The second-order valence-electron chi connectivity index (χ2n) is 10.7. The van der Waals surface area contributed by atoms with Gasteiger partial charge in [-0.3, -0.25) is 4.79 Å². The minimum absolute atomic E-state index is 0.0707. The monoisotopic (exact) mass is 577 g/mol. The highest BCUT2D eigenvalue weighted by molar-refractivity contribution is 5.92. The van der Waals surface area contributed by atoms with Crippen LogP contribution in [0.25, 0.3) is 11.0 Å². The maximum atomic E-state index is 15.3. The maximum absolute atomic E-state index is 15.3. The van der Waals surface area contributed by atoms with Crippen LogP contribution in [-0.4, -0.2) is 62.8 Å². The lowest BCUT2D eigenvalue weighted by molar-refractivity contribution is -0.127. The Morgan fingerprint density at radius 1 is 1.17 bits per heavy atom. The second kappa shape index (κ2) is 11.0. The van der Waals surface area contributed by atoms with Crippen molar-refractivity contribution < 1.29 is 22.7 Å². The van der Waals surface area contributed by atoms with Crippen molar-refractivity contribution in [2.45, 2.75) is 43.6 Å². The summed E-state index contributed by atoms with van der Waals surface area (Å²) in [7, 11) is 1.72. The van der Waals surface area contributed by atoms with Crippen LogP contribution in [0.2, 0.25) is 0 Å². The Balaban J connectivity index is 1.17. The minimum atomic E-state index is -2.63. The summed E-state index contributed by atoms with van der Waals surface area (Å²) in [5, 5.41) is 3.89. The Morgan fingerprint density at radius 3 is 2.64 bits per heavy atom. The third kappa shape index (κ3) is 5.48. The van der Waals surface area contributed by atoms with Crippen molar-refractivity contribution in [2.75, 3.05) is 30.4 Å². The van der Waals surface area contributed by atoms with Gasteiger partial charge in [0.25, 0.3) is 5.92 Å². The Hall–Kier alpha value is -4.61. The summed E-state index contributed by atoms with van der Waals surface area (Å²) >= 11 is 0. The Kier molecular flexibility index (Phi) is 7.21. The molecule has 1 aliphatic carbocycles. The molecule has 42 heavy (non-hydrogen) atoms. The van der Waals surface area contributed by atoms with Gasteiger partial charge in [-0.05, 0) is 48.6 Å². The predicted molar refractivity (Wildman–Crippen MR) is 153 cm³/mol. The van der Waals surface area contributed by atoms with Crippen molar-refractivity contribution in [2.24, 2.45) is 0 Å². The van der Waals surface area contributed by atoms with Crippen LogP contribution in [0.4, 0.5) is 30.5 Å². The molecule has 0 atom stereocenters. The van der Waals surface area contributed by atoms with Crippen LogP contribution in [0.5, 0.6) is 11.5 Å². The van der Waals surface area contributed by atoms with Gasteiger partial charge in [0.15, 0.2) is 0 Å². The van der Waals surface area contributed by atoms with Gasteiger partial charge < -0.3 is 24.8 Å². The number of likely N-dealkylation sites (tertiary alicyclic amines) is 1. The van der Waals surface area contributed by atoms with E-state index in [1.807, 2.05) is 6.20 Å². The summed E-state index contributed by atoms with van der Waals surface area (Å²) in [6.07, 6.45) is 7.31. The lowest BCUT2D eigenvalue weighted by Crippen LogP contribution is -2.49. The van der Waals surface area contributed by atoms with E-state index in [0.29, 0.717) is 36.1 Å². The van der Waals surface area contributed by atoms with E-state index in [-0.39, 0.29) is 42.1 Å². The van der Waals surface area contributed by atoms with Crippen LogP contribution >= 0.6 is 0 Å². The SMILES string of the molecule is C=CC(=O)N1CCC(c2c[nH]c3ncnc(Nc4ccc(Oc5ccnc(N(C)C6CC(F)(F)C6)c5)cc4F)c23)CC1. The van der Waals surface area contributed by atoms with Crippen molar-refractivity contribution in [1.29, 1.82) is 0 Å². The van der Waals surface area contributed by atoms with Gasteiger partial charge in [0.1, 0.15) is 40.9 Å². The molecular weight excluding hydrogens is 547 g/mol. The topological polar surface area (TPSA) is 99.3 Å². The number of aromatic amines is 1. The van der Waals surface area contributed by atoms with Gasteiger partial charge in [-0.15, -0.1) is 0 Å². The number of aromatic nitrogens is 4. The number of amides is 1. The molecule has 1 aliphatic heterocycles. The lowest BCUT2D eigenvalue weighted by Gasteiger charge is -2.41. The maximum Gasteiger partial charge on any atom is 0.252 e. The van der Waals surface area contributed by atoms with Gasteiger partial charge in [-0.2, -0.15) is 0 Å². The first-order valence-electron chi connectivity index (χ1n) is 13.8. The number of carbonyl (C=O) groups is 1. The largest absolute Gasteiger partial charge is 0.457 e. The van der Waals surface area contributed by atoms with E-state index >= 15 is 4.39 Å². The van der Waals surface area contributed by atoms with Crippen LogP contribution in [0.3, 0.4) is 0 Å². The van der Waals surface area contributed by atoms with Gasteiger partial charge in [0.05, 0.1) is 11.1 Å². The Labute approximate surface area is 240 Å². The number of piperidine rings is 1. The standard InChI is InChI=1S/C30H30F3N7O2/c1-3-26(41)40-10-7-18(8-11-40)22-16-35-28-27(22)29(37-17-36-28)38-24-5-4-20(12-23(24)31)42-21-6-9-34-25(13-21)39(2)19-14-30(32,33)15-19/h3-6,9,12-13,16-19H,1,7-8,10-11,14-15H2,2H3,(H2,35,36,37,38). The van der Waals surface area contributed by atoms with E-state index in [9.17, 15) is 13.6 Å². The summed E-state index contributed by atoms with van der Waals surface area (Å²) in [6.45, 7) is 4.82. The number of H-pyrrole nitrogens is 1. The molecule has 4 heterocycles. The fourth-order valence-electron chi connectivity index (χ4n) is 5.61. The molecule has 0 bridgehead atoms. The zero-order chi connectivity index (χ0) is 29.4. The number of halogens is 3. The number of rotatable bonds is 8. The fourth-order valence-corrected chi connectivity index (χ4v) is 5.61. The number of hydrogen-bond donors (Lipinski definition) is 2. The van der Waals surface area contributed by atoms with E-state index in [1.54, 1.807) is 41.1 Å². The third-order valence-corrected chi connectivity index (χ3v) is 8.05. The molecule has 4 aromatic rings. The Bertz CT molecular complexity index is 1630. The first-order chi connectivity index (χ1) is 20.2. The number of nitrogens with one attached hydrogen (secondary N) is 2. The molecule has 6 rings (SSSR count). The molecule has 3 aromatic heterocycles. The van der Waals surface area contributed by atoms with Crippen molar-refractivity contribution in [1.82, 2.24) is 24.8 Å². The van der Waals surface area contributed by atoms with Gasteiger partial charge >= 0.3 is 0 Å². The van der Waals surface area contributed by atoms with Gasteiger partial charge in [0.2, 0.25) is 5.91 Å². The quantitative estimate of drug-likeness (QED) is 0.242. The number of ether oxygens (including phenoxy) is 1.